The van der Waals surface area contributed by atoms with E-state index in [1.165, 1.54) is 12.4 Å². The number of carbonyl (C=O) groups excluding carboxylic acids is 1. The number of hydrogen-bond acceptors (Lipinski definition) is 5. The highest BCUT2D eigenvalue weighted by atomic mass is 35.5. The minimum absolute atomic E-state index is 0.271. The fraction of sp³-hybridized carbons (Fsp3) is 0.0526. The maximum Gasteiger partial charge on any atom is 0.490 e. The summed E-state index contributed by atoms with van der Waals surface area (Å²) in [6, 6.07) is 11.6. The molecule has 2 heterocycles. The van der Waals surface area contributed by atoms with Gasteiger partial charge in [-0.25, -0.2) is 9.78 Å². The van der Waals surface area contributed by atoms with Gasteiger partial charge in [0.05, 0.1) is 15.6 Å². The number of amides is 1. The number of aliphatic carboxylic acids is 1. The van der Waals surface area contributed by atoms with Crippen LogP contribution in [0.15, 0.2) is 61.1 Å². The van der Waals surface area contributed by atoms with Gasteiger partial charge in [-0.2, -0.15) is 13.2 Å². The van der Waals surface area contributed by atoms with Gasteiger partial charge in [0.15, 0.2) is 0 Å². The van der Waals surface area contributed by atoms with Gasteiger partial charge >= 0.3 is 12.1 Å². The Balaban J connectivity index is 0.000000423. The van der Waals surface area contributed by atoms with E-state index in [0.29, 0.717) is 32.9 Å². The Labute approximate surface area is 183 Å². The number of alkyl halides is 3. The highest BCUT2D eigenvalue weighted by molar-refractivity contribution is 6.32. The average molecular weight is 474 g/mol. The molecule has 0 aliphatic carbocycles. The Kier molecular flexibility index (Phi) is 8.17. The molecule has 1 amide bonds. The normalized spacial score (nSPS) is 10.5. The van der Waals surface area contributed by atoms with Crippen LogP contribution in [0.25, 0.3) is 0 Å². The summed E-state index contributed by atoms with van der Waals surface area (Å²) in [6.07, 6.45) is -0.515. The van der Waals surface area contributed by atoms with Gasteiger partial charge in [0, 0.05) is 30.3 Å². The monoisotopic (exact) mass is 473 g/mol. The first kappa shape index (κ1) is 23.9. The van der Waals surface area contributed by atoms with E-state index in [1.807, 2.05) is 0 Å². The van der Waals surface area contributed by atoms with Crippen LogP contribution in [-0.2, 0) is 4.79 Å². The molecule has 0 atom stereocenters. The van der Waals surface area contributed by atoms with Crippen LogP contribution in [0.4, 0.5) is 18.9 Å². The Hall–Kier alpha value is -3.37. The van der Waals surface area contributed by atoms with Crippen LogP contribution >= 0.6 is 23.2 Å². The predicted octanol–water partition coefficient (Wildman–Crippen LogP) is 5.46. The fourth-order valence-electron chi connectivity index (χ4n) is 1.90. The molecule has 0 saturated carbocycles. The number of nitrogens with zero attached hydrogens (tertiary/aromatic N) is 2. The van der Waals surface area contributed by atoms with Gasteiger partial charge in [0.2, 0.25) is 5.88 Å². The molecule has 2 N–H and O–H groups in total. The van der Waals surface area contributed by atoms with Gasteiger partial charge < -0.3 is 15.2 Å². The van der Waals surface area contributed by atoms with E-state index < -0.39 is 12.1 Å². The second-order valence-electron chi connectivity index (χ2n) is 5.56. The van der Waals surface area contributed by atoms with Crippen LogP contribution in [-0.4, -0.2) is 33.1 Å². The van der Waals surface area contributed by atoms with Crippen molar-refractivity contribution >= 4 is 40.8 Å². The number of nitrogens with one attached hydrogen (secondary N) is 1. The third-order valence-corrected chi connectivity index (χ3v) is 3.79. The Bertz CT molecular complexity index is 1050. The number of ether oxygens (including phenoxy) is 1. The highest BCUT2D eigenvalue weighted by Gasteiger charge is 2.38. The van der Waals surface area contributed by atoms with Crippen LogP contribution < -0.4 is 10.1 Å². The summed E-state index contributed by atoms with van der Waals surface area (Å²) >= 11 is 12.0. The lowest BCUT2D eigenvalue weighted by molar-refractivity contribution is -0.192. The van der Waals surface area contributed by atoms with E-state index in [2.05, 4.69) is 15.3 Å². The molecule has 12 heteroatoms. The molecule has 1 aromatic carbocycles. The predicted molar refractivity (Wildman–Crippen MR) is 107 cm³/mol. The third kappa shape index (κ3) is 7.76. The van der Waals surface area contributed by atoms with Crippen LogP contribution in [0.2, 0.25) is 10.0 Å². The van der Waals surface area contributed by atoms with E-state index in [0.717, 1.165) is 0 Å². The molecular weight excluding hydrogens is 462 g/mol. The van der Waals surface area contributed by atoms with E-state index in [9.17, 15) is 18.0 Å². The number of pyridine rings is 2. The van der Waals surface area contributed by atoms with Crippen molar-refractivity contribution in [2.45, 2.75) is 6.18 Å². The maximum atomic E-state index is 12.1. The SMILES string of the molecule is O=C(Nc1ccc(Oc2ccc(Cl)cn2)c(Cl)c1)c1cccnc1.O=C(O)C(F)(F)F. The van der Waals surface area contributed by atoms with E-state index in [-0.39, 0.29) is 5.91 Å². The zero-order chi connectivity index (χ0) is 23.0. The van der Waals surface area contributed by atoms with Gasteiger partial charge in [0.1, 0.15) is 5.75 Å². The first-order valence-electron chi connectivity index (χ1n) is 8.16. The number of carboxylic acids is 1. The number of halogens is 5. The van der Waals surface area contributed by atoms with E-state index in [1.54, 1.807) is 48.7 Å². The van der Waals surface area contributed by atoms with Crippen LogP contribution in [0.3, 0.4) is 0 Å². The zero-order valence-corrected chi connectivity index (χ0v) is 16.7. The summed E-state index contributed by atoms with van der Waals surface area (Å²) in [7, 11) is 0. The minimum atomic E-state index is -5.08. The Morgan fingerprint density at radius 1 is 1.06 bits per heavy atom. The molecule has 162 valence electrons. The summed E-state index contributed by atoms with van der Waals surface area (Å²) in [5.41, 5.74) is 1.00. The fourth-order valence-corrected chi connectivity index (χ4v) is 2.23. The minimum Gasteiger partial charge on any atom is -0.475 e. The number of benzene rings is 1. The first-order chi connectivity index (χ1) is 14.6. The molecule has 0 radical (unpaired) electrons. The van der Waals surface area contributed by atoms with Crippen molar-refractivity contribution < 1.29 is 32.6 Å². The van der Waals surface area contributed by atoms with Crippen molar-refractivity contribution in [3.05, 3.63) is 76.7 Å². The summed E-state index contributed by atoms with van der Waals surface area (Å²) in [4.78, 5) is 28.9. The largest absolute Gasteiger partial charge is 0.490 e. The van der Waals surface area contributed by atoms with Crippen molar-refractivity contribution in [2.24, 2.45) is 0 Å². The molecule has 0 fully saturated rings. The van der Waals surface area contributed by atoms with Crippen molar-refractivity contribution in [2.75, 3.05) is 5.32 Å². The van der Waals surface area contributed by atoms with Crippen LogP contribution in [0, 0.1) is 0 Å². The molecule has 0 spiro atoms. The second-order valence-corrected chi connectivity index (χ2v) is 6.40. The lowest BCUT2D eigenvalue weighted by Crippen LogP contribution is -2.21. The van der Waals surface area contributed by atoms with E-state index in [4.69, 9.17) is 37.8 Å². The molecule has 0 aliphatic heterocycles. The number of rotatable bonds is 4. The smallest absolute Gasteiger partial charge is 0.475 e. The highest BCUT2D eigenvalue weighted by Crippen LogP contribution is 2.31. The lowest BCUT2D eigenvalue weighted by Gasteiger charge is -2.09. The van der Waals surface area contributed by atoms with Gasteiger partial charge in [-0.3, -0.25) is 9.78 Å². The molecule has 0 saturated heterocycles. The Morgan fingerprint density at radius 2 is 1.77 bits per heavy atom. The average Bonchev–Trinajstić information content (AvgIpc) is 2.72. The maximum absolute atomic E-state index is 12.1. The number of anilines is 1. The van der Waals surface area contributed by atoms with Gasteiger partial charge in [-0.05, 0) is 36.4 Å². The molecule has 7 nitrogen and oxygen atoms in total. The second kappa shape index (κ2) is 10.6. The zero-order valence-electron chi connectivity index (χ0n) is 15.2. The van der Waals surface area contributed by atoms with Crippen molar-refractivity contribution in [1.29, 1.82) is 0 Å². The van der Waals surface area contributed by atoms with Gasteiger partial charge in [-0.15, -0.1) is 0 Å². The van der Waals surface area contributed by atoms with Crippen molar-refractivity contribution in [3.8, 4) is 11.6 Å². The van der Waals surface area contributed by atoms with Crippen molar-refractivity contribution in [3.63, 3.8) is 0 Å². The number of carboxylic acid groups (broad SMARTS) is 1. The Morgan fingerprint density at radius 3 is 2.29 bits per heavy atom. The summed E-state index contributed by atoms with van der Waals surface area (Å²) in [5, 5.41) is 10.7. The topological polar surface area (TPSA) is 101 Å². The number of carbonyl (C=O) groups is 2. The summed E-state index contributed by atoms with van der Waals surface area (Å²) in [5.74, 6) is -2.24. The summed E-state index contributed by atoms with van der Waals surface area (Å²) in [6.45, 7) is 0. The van der Waals surface area contributed by atoms with Crippen LogP contribution in [0.5, 0.6) is 11.6 Å². The molecular formula is C19H12Cl2F3N3O4. The molecule has 0 aliphatic rings. The van der Waals surface area contributed by atoms with E-state index >= 15 is 0 Å². The standard InChI is InChI=1S/C17H11Cl2N3O2.C2HF3O2/c18-12-3-6-16(21-10-12)24-15-5-4-13(8-14(15)19)22-17(23)11-2-1-7-20-9-11;3-2(4,5)1(6)7/h1-10H,(H,22,23);(H,6,7). The summed E-state index contributed by atoms with van der Waals surface area (Å²) < 4.78 is 37.3. The lowest BCUT2D eigenvalue weighted by atomic mass is 10.2. The van der Waals surface area contributed by atoms with Gasteiger partial charge in [0.25, 0.3) is 5.91 Å². The third-order valence-electron chi connectivity index (χ3n) is 3.27. The molecule has 0 bridgehead atoms. The quantitative estimate of drug-likeness (QED) is 0.521. The molecule has 3 aromatic rings. The number of hydrogen-bond donors (Lipinski definition) is 2. The van der Waals surface area contributed by atoms with Crippen molar-refractivity contribution in [1.82, 2.24) is 9.97 Å². The molecule has 0 unspecified atom stereocenters. The molecule has 2 aromatic heterocycles. The first-order valence-corrected chi connectivity index (χ1v) is 8.92. The van der Waals surface area contributed by atoms with Crippen LogP contribution in [0.1, 0.15) is 10.4 Å². The van der Waals surface area contributed by atoms with Gasteiger partial charge in [-0.1, -0.05) is 23.2 Å². The molecule has 3 rings (SSSR count). The number of aromatic nitrogens is 2. The molecule has 31 heavy (non-hydrogen) atoms.